The molecule has 0 saturated heterocycles. The number of aromatic nitrogens is 1. The Labute approximate surface area is 270 Å². The van der Waals surface area contributed by atoms with Gasteiger partial charge in [-0.3, -0.25) is 4.79 Å². The second kappa shape index (κ2) is 14.3. The van der Waals surface area contributed by atoms with Crippen molar-refractivity contribution < 1.29 is 28.2 Å². The summed E-state index contributed by atoms with van der Waals surface area (Å²) in [6.45, 7) is 4.46. The largest absolute Gasteiger partial charge is 0.493 e. The Balaban J connectivity index is 1.17. The van der Waals surface area contributed by atoms with Crippen LogP contribution in [0.25, 0.3) is 5.69 Å². The predicted octanol–water partition coefficient (Wildman–Crippen LogP) is 7.93. The molecule has 5 rings (SSSR count). The minimum absolute atomic E-state index is 0.0967. The normalized spacial score (nSPS) is 11.1. The number of hydrogen-bond donors (Lipinski definition) is 1. The minimum atomic E-state index is -0.516. The number of rotatable bonds is 12. The summed E-state index contributed by atoms with van der Waals surface area (Å²) in [5.74, 6) is 1.97. The van der Waals surface area contributed by atoms with Gasteiger partial charge >= 0.3 is 5.91 Å². The molecule has 0 fully saturated rings. The molecule has 1 N–H and O–H groups in total. The van der Waals surface area contributed by atoms with E-state index in [4.69, 9.17) is 46.6 Å². The van der Waals surface area contributed by atoms with Gasteiger partial charge in [-0.25, -0.2) is 5.43 Å². The Hall–Kier alpha value is -4.86. The first-order valence-electron chi connectivity index (χ1n) is 13.9. The van der Waals surface area contributed by atoms with Gasteiger partial charge < -0.3 is 27.9 Å². The molecule has 2 heterocycles. The number of halogens is 2. The van der Waals surface area contributed by atoms with E-state index in [-0.39, 0.29) is 19.0 Å². The molecule has 1 amide bonds. The van der Waals surface area contributed by atoms with Gasteiger partial charge in [-0.05, 0) is 86.6 Å². The van der Waals surface area contributed by atoms with Crippen LogP contribution in [0.2, 0.25) is 10.0 Å². The summed E-state index contributed by atoms with van der Waals surface area (Å²) >= 11 is 12.3. The van der Waals surface area contributed by atoms with Crippen LogP contribution in [0.1, 0.15) is 38.8 Å². The standard InChI is InChI=1S/C34H31Cl2N3O6/c1-21-5-6-22(2)39(21)26-9-11-27(12-10-26)43-20-28-13-14-30(45-28)34(40)38-37-18-23-15-31(41-3)33(32(16-23)42-4)44-19-24-7-8-25(35)17-29(24)36/h5-18H,19-20H2,1-4H3,(H,38,40)/b37-18+. The van der Waals surface area contributed by atoms with E-state index >= 15 is 0 Å². The Morgan fingerprint density at radius 3 is 2.20 bits per heavy atom. The number of benzene rings is 3. The Morgan fingerprint density at radius 2 is 1.56 bits per heavy atom. The van der Waals surface area contributed by atoms with Gasteiger partial charge in [-0.1, -0.05) is 29.3 Å². The van der Waals surface area contributed by atoms with Crippen molar-refractivity contribution in [1.29, 1.82) is 0 Å². The van der Waals surface area contributed by atoms with Gasteiger partial charge in [0.15, 0.2) is 17.3 Å². The number of methoxy groups -OCH3 is 2. The quantitative estimate of drug-likeness (QED) is 0.109. The number of nitrogens with zero attached hydrogens (tertiary/aromatic N) is 2. The molecule has 0 aliphatic carbocycles. The van der Waals surface area contributed by atoms with Crippen LogP contribution >= 0.6 is 23.2 Å². The molecule has 0 unspecified atom stereocenters. The average Bonchev–Trinajstić information content (AvgIpc) is 3.65. The number of amides is 1. The maximum atomic E-state index is 12.6. The summed E-state index contributed by atoms with van der Waals surface area (Å²) < 4.78 is 30.7. The zero-order valence-corrected chi connectivity index (χ0v) is 26.6. The monoisotopic (exact) mass is 647 g/mol. The van der Waals surface area contributed by atoms with Crippen molar-refractivity contribution >= 4 is 35.3 Å². The molecule has 0 radical (unpaired) electrons. The van der Waals surface area contributed by atoms with E-state index in [1.807, 2.05) is 24.3 Å². The Bertz CT molecular complexity index is 1780. The molecule has 3 aromatic carbocycles. The fourth-order valence-electron chi connectivity index (χ4n) is 4.63. The van der Waals surface area contributed by atoms with E-state index in [1.54, 1.807) is 42.5 Å². The van der Waals surface area contributed by atoms with E-state index in [1.165, 1.54) is 20.4 Å². The molecule has 45 heavy (non-hydrogen) atoms. The second-order valence-electron chi connectivity index (χ2n) is 9.98. The summed E-state index contributed by atoms with van der Waals surface area (Å²) in [4.78, 5) is 12.6. The zero-order valence-electron chi connectivity index (χ0n) is 25.1. The molecule has 5 aromatic rings. The third-order valence-electron chi connectivity index (χ3n) is 6.88. The van der Waals surface area contributed by atoms with Crippen LogP contribution in [-0.4, -0.2) is 30.9 Å². The predicted molar refractivity (Wildman–Crippen MR) is 174 cm³/mol. The molecule has 232 valence electrons. The van der Waals surface area contributed by atoms with Gasteiger partial charge in [0.1, 0.15) is 24.7 Å². The van der Waals surface area contributed by atoms with Crippen molar-refractivity contribution in [2.24, 2.45) is 5.10 Å². The van der Waals surface area contributed by atoms with Gasteiger partial charge in [0.2, 0.25) is 5.75 Å². The van der Waals surface area contributed by atoms with Crippen LogP contribution in [-0.2, 0) is 13.2 Å². The van der Waals surface area contributed by atoms with Crippen molar-refractivity contribution in [2.45, 2.75) is 27.1 Å². The molecule has 0 atom stereocenters. The number of carbonyl (C=O) groups is 1. The highest BCUT2D eigenvalue weighted by molar-refractivity contribution is 6.35. The molecular weight excluding hydrogens is 617 g/mol. The fourth-order valence-corrected chi connectivity index (χ4v) is 5.09. The van der Waals surface area contributed by atoms with Crippen molar-refractivity contribution in [3.05, 3.63) is 123 Å². The van der Waals surface area contributed by atoms with Crippen LogP contribution in [0.4, 0.5) is 0 Å². The molecule has 0 aliphatic rings. The summed E-state index contributed by atoms with van der Waals surface area (Å²) in [7, 11) is 3.02. The number of carbonyl (C=O) groups excluding carboxylic acids is 1. The first-order valence-corrected chi connectivity index (χ1v) is 14.6. The summed E-state index contributed by atoms with van der Waals surface area (Å²) in [6, 6.07) is 23.8. The van der Waals surface area contributed by atoms with Crippen molar-refractivity contribution in [3.8, 4) is 28.7 Å². The van der Waals surface area contributed by atoms with E-state index < -0.39 is 5.91 Å². The number of hydrazone groups is 1. The van der Waals surface area contributed by atoms with E-state index in [2.05, 4.69) is 41.1 Å². The van der Waals surface area contributed by atoms with Crippen LogP contribution in [0.15, 0.2) is 88.4 Å². The lowest BCUT2D eigenvalue weighted by Gasteiger charge is -2.16. The molecule has 2 aromatic heterocycles. The maximum absolute atomic E-state index is 12.6. The Morgan fingerprint density at radius 1 is 0.867 bits per heavy atom. The number of furan rings is 1. The van der Waals surface area contributed by atoms with E-state index in [0.717, 1.165) is 22.6 Å². The average molecular weight is 649 g/mol. The highest BCUT2D eigenvalue weighted by Crippen LogP contribution is 2.39. The Kier molecular flexibility index (Phi) is 10.0. The minimum Gasteiger partial charge on any atom is -0.493 e. The summed E-state index contributed by atoms with van der Waals surface area (Å²) in [5.41, 5.74) is 7.19. The van der Waals surface area contributed by atoms with E-state index in [9.17, 15) is 4.79 Å². The topological polar surface area (TPSA) is 96.5 Å². The van der Waals surface area contributed by atoms with Gasteiger partial charge in [0.05, 0.1) is 20.4 Å². The first-order chi connectivity index (χ1) is 21.7. The molecule has 9 nitrogen and oxygen atoms in total. The zero-order chi connectivity index (χ0) is 31.9. The second-order valence-corrected chi connectivity index (χ2v) is 10.8. The molecule has 0 aliphatic heterocycles. The lowest BCUT2D eigenvalue weighted by molar-refractivity contribution is 0.0923. The molecule has 11 heteroatoms. The third kappa shape index (κ3) is 7.63. The molecule has 0 spiro atoms. The molecular formula is C34H31Cl2N3O6. The lowest BCUT2D eigenvalue weighted by atomic mass is 10.2. The van der Waals surface area contributed by atoms with Crippen LogP contribution in [0.5, 0.6) is 23.0 Å². The maximum Gasteiger partial charge on any atom is 0.307 e. The number of nitrogens with one attached hydrogen (secondary N) is 1. The summed E-state index contributed by atoms with van der Waals surface area (Å²) in [6.07, 6.45) is 1.45. The number of ether oxygens (including phenoxy) is 4. The number of aryl methyl sites for hydroxylation is 2. The SMILES string of the molecule is COc1cc(/C=N/NC(=O)c2ccc(COc3ccc(-n4c(C)ccc4C)cc3)o2)cc(OC)c1OCc1ccc(Cl)cc1Cl. The van der Waals surface area contributed by atoms with Gasteiger partial charge in [0.25, 0.3) is 0 Å². The molecule has 0 bridgehead atoms. The third-order valence-corrected chi connectivity index (χ3v) is 7.47. The van der Waals surface area contributed by atoms with Crippen molar-refractivity contribution in [2.75, 3.05) is 14.2 Å². The van der Waals surface area contributed by atoms with Gasteiger partial charge in [-0.2, -0.15) is 5.10 Å². The highest BCUT2D eigenvalue weighted by Gasteiger charge is 2.16. The number of hydrogen-bond acceptors (Lipinski definition) is 7. The summed E-state index contributed by atoms with van der Waals surface area (Å²) in [5, 5.41) is 5.08. The van der Waals surface area contributed by atoms with Crippen LogP contribution in [0, 0.1) is 13.8 Å². The molecule has 0 saturated carbocycles. The van der Waals surface area contributed by atoms with E-state index in [0.29, 0.717) is 44.4 Å². The van der Waals surface area contributed by atoms with Gasteiger partial charge in [0, 0.05) is 38.2 Å². The van der Waals surface area contributed by atoms with Crippen molar-refractivity contribution in [3.63, 3.8) is 0 Å². The van der Waals surface area contributed by atoms with Crippen LogP contribution in [0.3, 0.4) is 0 Å². The highest BCUT2D eigenvalue weighted by atomic mass is 35.5. The van der Waals surface area contributed by atoms with Crippen molar-refractivity contribution in [1.82, 2.24) is 9.99 Å². The fraction of sp³-hybridized carbons (Fsp3) is 0.176. The van der Waals surface area contributed by atoms with Crippen LogP contribution < -0.4 is 24.4 Å². The van der Waals surface area contributed by atoms with Gasteiger partial charge in [-0.15, -0.1) is 0 Å². The first kappa shape index (κ1) is 31.6. The smallest absolute Gasteiger partial charge is 0.307 e. The lowest BCUT2D eigenvalue weighted by Crippen LogP contribution is -2.16.